The van der Waals surface area contributed by atoms with Crippen molar-refractivity contribution in [3.8, 4) is 5.75 Å². The topological polar surface area (TPSA) is 70.9 Å². The third-order valence-electron chi connectivity index (χ3n) is 3.21. The van der Waals surface area contributed by atoms with Crippen LogP contribution in [0.1, 0.15) is 32.4 Å². The average molecular weight is 320 g/mol. The molecule has 1 heterocycles. The van der Waals surface area contributed by atoms with Gasteiger partial charge in [0, 0.05) is 10.9 Å². The fourth-order valence-corrected chi connectivity index (χ4v) is 3.09. The Morgan fingerprint density at radius 1 is 1.45 bits per heavy atom. The SMILES string of the molecule is COc1cccc(C2N=C(SC(C)C)NC(C)=C2C(=O)O)c1. The van der Waals surface area contributed by atoms with E-state index in [4.69, 9.17) is 4.74 Å². The van der Waals surface area contributed by atoms with E-state index < -0.39 is 12.0 Å². The average Bonchev–Trinajstić information content (AvgIpc) is 2.45. The molecule has 0 fully saturated rings. The van der Waals surface area contributed by atoms with Gasteiger partial charge in [0.15, 0.2) is 5.17 Å². The summed E-state index contributed by atoms with van der Waals surface area (Å²) in [7, 11) is 1.59. The number of hydrogen-bond acceptors (Lipinski definition) is 5. The molecule has 118 valence electrons. The quantitative estimate of drug-likeness (QED) is 0.891. The number of hydrogen-bond donors (Lipinski definition) is 2. The zero-order valence-electron chi connectivity index (χ0n) is 13.1. The van der Waals surface area contributed by atoms with Gasteiger partial charge in [-0.2, -0.15) is 0 Å². The van der Waals surface area contributed by atoms with Gasteiger partial charge in [0.1, 0.15) is 11.8 Å². The number of nitrogens with one attached hydrogen (secondary N) is 1. The van der Waals surface area contributed by atoms with E-state index in [2.05, 4.69) is 24.2 Å². The lowest BCUT2D eigenvalue weighted by molar-refractivity contribution is -0.133. The zero-order valence-corrected chi connectivity index (χ0v) is 13.9. The van der Waals surface area contributed by atoms with Gasteiger partial charge in [0.2, 0.25) is 0 Å². The highest BCUT2D eigenvalue weighted by Gasteiger charge is 2.29. The first-order chi connectivity index (χ1) is 10.4. The number of methoxy groups -OCH3 is 1. The molecule has 1 aromatic carbocycles. The molecule has 6 heteroatoms. The van der Waals surface area contributed by atoms with E-state index in [-0.39, 0.29) is 5.57 Å². The van der Waals surface area contributed by atoms with Crippen molar-refractivity contribution in [2.24, 2.45) is 4.99 Å². The van der Waals surface area contributed by atoms with E-state index >= 15 is 0 Å². The summed E-state index contributed by atoms with van der Waals surface area (Å²) in [5, 5.41) is 13.7. The minimum absolute atomic E-state index is 0.265. The summed E-state index contributed by atoms with van der Waals surface area (Å²) in [6.07, 6.45) is 0. The number of aliphatic imine (C=N–C) groups is 1. The van der Waals surface area contributed by atoms with Crippen molar-refractivity contribution in [2.75, 3.05) is 7.11 Å². The van der Waals surface area contributed by atoms with E-state index in [1.807, 2.05) is 24.3 Å². The largest absolute Gasteiger partial charge is 0.497 e. The monoisotopic (exact) mass is 320 g/mol. The standard InChI is InChI=1S/C16H20N2O3S/c1-9(2)22-16-17-10(3)13(15(19)20)14(18-16)11-6-5-7-12(8-11)21-4/h5-9,14H,1-4H3,(H,17,18)(H,19,20). The Labute approximate surface area is 134 Å². The number of carboxylic acid groups (broad SMARTS) is 1. The molecule has 1 aliphatic rings. The van der Waals surface area contributed by atoms with Crippen molar-refractivity contribution in [1.29, 1.82) is 0 Å². The fraction of sp³-hybridized carbons (Fsp3) is 0.375. The number of nitrogens with zero attached hydrogens (tertiary/aromatic N) is 1. The summed E-state index contributed by atoms with van der Waals surface area (Å²) >= 11 is 1.58. The highest BCUT2D eigenvalue weighted by atomic mass is 32.2. The Balaban J connectivity index is 2.46. The molecule has 0 saturated heterocycles. The van der Waals surface area contributed by atoms with Crippen LogP contribution in [0.2, 0.25) is 0 Å². The molecule has 1 unspecified atom stereocenters. The van der Waals surface area contributed by atoms with Gasteiger partial charge in [-0.15, -0.1) is 0 Å². The van der Waals surface area contributed by atoms with E-state index in [1.54, 1.807) is 25.8 Å². The lowest BCUT2D eigenvalue weighted by Crippen LogP contribution is -2.30. The van der Waals surface area contributed by atoms with Gasteiger partial charge in [0.25, 0.3) is 0 Å². The lowest BCUT2D eigenvalue weighted by Gasteiger charge is -2.25. The number of amidine groups is 1. The van der Waals surface area contributed by atoms with E-state index in [9.17, 15) is 9.90 Å². The van der Waals surface area contributed by atoms with Gasteiger partial charge in [-0.05, 0) is 24.6 Å². The second-order valence-electron chi connectivity index (χ2n) is 5.25. The molecule has 2 rings (SSSR count). The lowest BCUT2D eigenvalue weighted by atomic mass is 9.96. The summed E-state index contributed by atoms with van der Waals surface area (Å²) in [6.45, 7) is 5.91. The molecule has 1 atom stereocenters. The van der Waals surface area contributed by atoms with Crippen molar-refractivity contribution in [2.45, 2.75) is 32.1 Å². The summed E-state index contributed by atoms with van der Waals surface area (Å²) in [5.41, 5.74) is 1.69. The first-order valence-corrected chi connectivity index (χ1v) is 7.89. The third kappa shape index (κ3) is 3.62. The smallest absolute Gasteiger partial charge is 0.335 e. The third-order valence-corrected chi connectivity index (χ3v) is 4.11. The van der Waals surface area contributed by atoms with Crippen LogP contribution in [0.15, 0.2) is 40.5 Å². The maximum atomic E-state index is 11.6. The van der Waals surface area contributed by atoms with Gasteiger partial charge in [0.05, 0.1) is 12.7 Å². The number of carbonyl (C=O) groups is 1. The van der Waals surface area contributed by atoms with Gasteiger partial charge < -0.3 is 15.2 Å². The summed E-state index contributed by atoms with van der Waals surface area (Å²) < 4.78 is 5.23. The molecule has 2 N–H and O–H groups in total. The number of allylic oxidation sites excluding steroid dienone is 1. The van der Waals surface area contributed by atoms with Crippen LogP contribution in [-0.2, 0) is 4.79 Å². The minimum Gasteiger partial charge on any atom is -0.497 e. The maximum Gasteiger partial charge on any atom is 0.335 e. The van der Waals surface area contributed by atoms with Crippen LogP contribution >= 0.6 is 11.8 Å². The van der Waals surface area contributed by atoms with Crippen LogP contribution in [0.4, 0.5) is 0 Å². The molecule has 0 spiro atoms. The Morgan fingerprint density at radius 3 is 2.77 bits per heavy atom. The number of benzene rings is 1. The summed E-state index contributed by atoms with van der Waals surface area (Å²) in [4.78, 5) is 16.2. The van der Waals surface area contributed by atoms with Gasteiger partial charge in [-0.25, -0.2) is 9.79 Å². The van der Waals surface area contributed by atoms with Crippen molar-refractivity contribution in [3.63, 3.8) is 0 Å². The van der Waals surface area contributed by atoms with E-state index in [1.165, 1.54) is 0 Å². The fourth-order valence-electron chi connectivity index (χ4n) is 2.26. The number of rotatable bonds is 4. The number of aliphatic carboxylic acids is 1. The zero-order chi connectivity index (χ0) is 16.3. The molecule has 1 aliphatic heterocycles. The first-order valence-electron chi connectivity index (χ1n) is 7.02. The van der Waals surface area contributed by atoms with Crippen molar-refractivity contribution < 1.29 is 14.6 Å². The van der Waals surface area contributed by atoms with E-state index in [0.717, 1.165) is 10.7 Å². The predicted molar refractivity (Wildman–Crippen MR) is 89.4 cm³/mol. The molecule has 0 saturated carbocycles. The number of ether oxygens (including phenoxy) is 1. The second-order valence-corrected chi connectivity index (χ2v) is 6.81. The molecular formula is C16H20N2O3S. The van der Waals surface area contributed by atoms with Crippen molar-refractivity contribution in [1.82, 2.24) is 5.32 Å². The molecule has 0 aromatic heterocycles. The van der Waals surface area contributed by atoms with Crippen molar-refractivity contribution in [3.05, 3.63) is 41.1 Å². The van der Waals surface area contributed by atoms with Gasteiger partial charge in [-0.1, -0.05) is 37.7 Å². The first kappa shape index (κ1) is 16.4. The van der Waals surface area contributed by atoms with E-state index in [0.29, 0.717) is 16.7 Å². The molecule has 0 radical (unpaired) electrons. The number of thioether (sulfide) groups is 1. The molecule has 0 aliphatic carbocycles. The maximum absolute atomic E-state index is 11.6. The molecule has 0 bridgehead atoms. The molecule has 0 amide bonds. The Morgan fingerprint density at radius 2 is 2.18 bits per heavy atom. The summed E-state index contributed by atoms with van der Waals surface area (Å²) in [6, 6.07) is 6.84. The normalized spacial score (nSPS) is 18.0. The van der Waals surface area contributed by atoms with Gasteiger partial charge in [-0.3, -0.25) is 0 Å². The Bertz CT molecular complexity index is 638. The van der Waals surface area contributed by atoms with Crippen LogP contribution in [0.5, 0.6) is 5.75 Å². The van der Waals surface area contributed by atoms with Crippen LogP contribution in [0.3, 0.4) is 0 Å². The minimum atomic E-state index is -0.963. The van der Waals surface area contributed by atoms with Crippen molar-refractivity contribution >= 4 is 22.9 Å². The van der Waals surface area contributed by atoms with Crippen LogP contribution in [0, 0.1) is 0 Å². The molecule has 5 nitrogen and oxygen atoms in total. The highest BCUT2D eigenvalue weighted by Crippen LogP contribution is 2.34. The van der Waals surface area contributed by atoms with Crippen LogP contribution in [-0.4, -0.2) is 28.6 Å². The molecular weight excluding hydrogens is 300 g/mol. The number of carboxylic acids is 1. The second kappa shape index (κ2) is 6.87. The van der Waals surface area contributed by atoms with Crippen LogP contribution in [0.25, 0.3) is 0 Å². The van der Waals surface area contributed by atoms with Crippen LogP contribution < -0.4 is 10.1 Å². The predicted octanol–water partition coefficient (Wildman–Crippen LogP) is 3.20. The summed E-state index contributed by atoms with van der Waals surface area (Å²) in [5.74, 6) is -0.276. The Hall–Kier alpha value is -1.95. The molecule has 22 heavy (non-hydrogen) atoms. The van der Waals surface area contributed by atoms with Gasteiger partial charge >= 0.3 is 5.97 Å². The Kier molecular flexibility index (Phi) is 5.13. The highest BCUT2D eigenvalue weighted by molar-refractivity contribution is 8.14. The molecule has 1 aromatic rings.